The largest absolute Gasteiger partial charge is 0.351 e. The van der Waals surface area contributed by atoms with Crippen LogP contribution in [-0.2, 0) is 9.84 Å². The second-order valence-corrected chi connectivity index (χ2v) is 6.13. The molecule has 1 aromatic rings. The fourth-order valence-electron chi connectivity index (χ4n) is 1.28. The summed E-state index contributed by atoms with van der Waals surface area (Å²) in [6.45, 7) is 1.43. The number of nitrogens with one attached hydrogen (secondary N) is 2. The van der Waals surface area contributed by atoms with Crippen molar-refractivity contribution in [2.75, 3.05) is 23.5 Å². The Hall–Kier alpha value is -1.74. The average molecular weight is 290 g/mol. The molecule has 106 valence electrons. The van der Waals surface area contributed by atoms with Crippen molar-refractivity contribution in [3.63, 3.8) is 0 Å². The fraction of sp³-hybridized carbons (Fsp3) is 0.400. The van der Waals surface area contributed by atoms with Crippen LogP contribution in [0.1, 0.15) is 17.3 Å². The molecule has 1 amide bonds. The lowest BCUT2D eigenvalue weighted by Gasteiger charge is -2.08. The van der Waals surface area contributed by atoms with Crippen LogP contribution in [0.3, 0.4) is 0 Å². The van der Waals surface area contributed by atoms with Gasteiger partial charge in [0.15, 0.2) is 21.5 Å². The van der Waals surface area contributed by atoms with Gasteiger partial charge >= 0.3 is 0 Å². The van der Waals surface area contributed by atoms with E-state index in [4.69, 9.17) is 5.84 Å². The molecule has 0 saturated heterocycles. The number of carbonyl (C=O) groups excluding carboxylic acids is 1. The number of aromatic nitrogens is 1. The van der Waals surface area contributed by atoms with Crippen LogP contribution >= 0.6 is 0 Å². The van der Waals surface area contributed by atoms with Crippen LogP contribution in [-0.4, -0.2) is 37.4 Å². The highest BCUT2D eigenvalue weighted by atomic mass is 32.2. The number of nitrogen functional groups attached to an aromatic ring is 1. The number of carbonyl (C=O) groups is 1. The van der Waals surface area contributed by atoms with E-state index in [9.17, 15) is 17.6 Å². The van der Waals surface area contributed by atoms with E-state index in [1.54, 1.807) is 0 Å². The van der Waals surface area contributed by atoms with Crippen molar-refractivity contribution in [2.45, 2.75) is 6.92 Å². The highest BCUT2D eigenvalue weighted by Crippen LogP contribution is 2.13. The van der Waals surface area contributed by atoms with Gasteiger partial charge < -0.3 is 10.7 Å². The number of nitrogens with two attached hydrogens (primary N) is 1. The van der Waals surface area contributed by atoms with Gasteiger partial charge in [0, 0.05) is 18.5 Å². The summed E-state index contributed by atoms with van der Waals surface area (Å²) in [5.74, 6) is 2.97. The van der Waals surface area contributed by atoms with Gasteiger partial charge in [-0.3, -0.25) is 4.79 Å². The van der Waals surface area contributed by atoms with Gasteiger partial charge in [-0.2, -0.15) is 0 Å². The molecule has 19 heavy (non-hydrogen) atoms. The molecule has 0 bridgehead atoms. The highest BCUT2D eigenvalue weighted by Gasteiger charge is 2.16. The first-order valence-corrected chi connectivity index (χ1v) is 7.33. The maximum Gasteiger partial charge on any atom is 0.254 e. The molecule has 1 rings (SSSR count). The molecule has 0 atom stereocenters. The fourth-order valence-corrected chi connectivity index (χ4v) is 1.98. The van der Waals surface area contributed by atoms with Crippen LogP contribution in [0, 0.1) is 5.82 Å². The molecular formula is C10H15FN4O3S. The van der Waals surface area contributed by atoms with E-state index in [2.05, 4.69) is 10.3 Å². The first kappa shape index (κ1) is 15.3. The Morgan fingerprint density at radius 2 is 2.21 bits per heavy atom. The second kappa shape index (κ2) is 6.43. The Labute approximate surface area is 110 Å². The van der Waals surface area contributed by atoms with Crippen molar-refractivity contribution < 1.29 is 17.6 Å². The summed E-state index contributed by atoms with van der Waals surface area (Å²) in [5.41, 5.74) is 1.77. The zero-order valence-electron chi connectivity index (χ0n) is 10.3. The summed E-state index contributed by atoms with van der Waals surface area (Å²) < 4.78 is 36.1. The first-order valence-electron chi connectivity index (χ1n) is 5.51. The van der Waals surface area contributed by atoms with Gasteiger partial charge in [-0.15, -0.1) is 0 Å². The summed E-state index contributed by atoms with van der Waals surface area (Å²) in [4.78, 5) is 15.3. The molecule has 0 fully saturated rings. The first-order chi connectivity index (χ1) is 8.91. The molecule has 0 aliphatic carbocycles. The minimum Gasteiger partial charge on any atom is -0.351 e. The Morgan fingerprint density at radius 3 is 2.79 bits per heavy atom. The third-order valence-electron chi connectivity index (χ3n) is 2.41. The molecule has 7 nitrogen and oxygen atoms in total. The van der Waals surface area contributed by atoms with Crippen LogP contribution in [0.5, 0.6) is 0 Å². The quantitative estimate of drug-likeness (QED) is 0.488. The molecule has 0 aliphatic heterocycles. The van der Waals surface area contributed by atoms with Gasteiger partial charge in [0.1, 0.15) is 0 Å². The molecule has 0 aromatic carbocycles. The van der Waals surface area contributed by atoms with Crippen molar-refractivity contribution in [3.8, 4) is 0 Å². The molecule has 0 saturated carbocycles. The zero-order valence-corrected chi connectivity index (χ0v) is 11.1. The molecule has 0 radical (unpaired) electrons. The molecule has 0 aliphatic rings. The van der Waals surface area contributed by atoms with E-state index in [0.29, 0.717) is 0 Å². The van der Waals surface area contributed by atoms with E-state index in [1.165, 1.54) is 19.2 Å². The van der Waals surface area contributed by atoms with Gasteiger partial charge in [0.05, 0.1) is 11.3 Å². The van der Waals surface area contributed by atoms with Crippen LogP contribution in [0.2, 0.25) is 0 Å². The topological polar surface area (TPSA) is 114 Å². The minimum absolute atomic E-state index is 0.00622. The van der Waals surface area contributed by atoms with Crippen molar-refractivity contribution in [1.29, 1.82) is 0 Å². The van der Waals surface area contributed by atoms with Gasteiger partial charge in [-0.05, 0) is 6.07 Å². The summed E-state index contributed by atoms with van der Waals surface area (Å²) in [6.07, 6.45) is 1.22. The molecule has 1 aromatic heterocycles. The van der Waals surface area contributed by atoms with Gasteiger partial charge in [-0.25, -0.2) is 23.6 Å². The predicted molar refractivity (Wildman–Crippen MR) is 68.7 cm³/mol. The number of hydrogen-bond acceptors (Lipinski definition) is 6. The summed E-state index contributed by atoms with van der Waals surface area (Å²) in [7, 11) is -3.17. The number of amides is 1. The minimum atomic E-state index is -3.17. The molecule has 9 heteroatoms. The monoisotopic (exact) mass is 290 g/mol. The van der Waals surface area contributed by atoms with Crippen LogP contribution < -0.4 is 16.6 Å². The lowest BCUT2D eigenvalue weighted by atomic mass is 10.2. The molecule has 4 N–H and O–H groups in total. The Bertz CT molecular complexity index is 562. The smallest absolute Gasteiger partial charge is 0.254 e. The van der Waals surface area contributed by atoms with E-state index in [1.807, 2.05) is 5.43 Å². The van der Waals surface area contributed by atoms with E-state index < -0.39 is 21.6 Å². The second-order valence-electron chi connectivity index (χ2n) is 3.66. The lowest BCUT2D eigenvalue weighted by molar-refractivity contribution is 0.0952. The molecule has 0 spiro atoms. The van der Waals surface area contributed by atoms with E-state index in [-0.39, 0.29) is 29.4 Å². The summed E-state index contributed by atoms with van der Waals surface area (Å²) in [5, 5.41) is 2.33. The molecule has 1 heterocycles. The average Bonchev–Trinajstić information content (AvgIpc) is 2.38. The normalized spacial score (nSPS) is 11.1. The van der Waals surface area contributed by atoms with E-state index >= 15 is 0 Å². The lowest BCUT2D eigenvalue weighted by Crippen LogP contribution is -2.30. The number of hydrogen-bond donors (Lipinski definition) is 3. The van der Waals surface area contributed by atoms with Crippen molar-refractivity contribution in [2.24, 2.45) is 5.84 Å². The van der Waals surface area contributed by atoms with E-state index in [0.717, 1.165) is 0 Å². The number of hydrazine groups is 1. The number of pyridine rings is 1. The SMILES string of the molecule is CCS(=O)(=O)CCNC(=O)c1ccnc(NN)c1F. The molecular weight excluding hydrogens is 275 g/mol. The predicted octanol–water partition coefficient (Wildman–Crippen LogP) is -0.329. The van der Waals surface area contributed by atoms with Crippen molar-refractivity contribution in [1.82, 2.24) is 10.3 Å². The Kier molecular flexibility index (Phi) is 5.19. The third kappa shape index (κ3) is 4.14. The van der Waals surface area contributed by atoms with Crippen molar-refractivity contribution >= 4 is 21.6 Å². The number of halogens is 1. The van der Waals surface area contributed by atoms with Crippen LogP contribution in [0.4, 0.5) is 10.2 Å². The Morgan fingerprint density at radius 1 is 1.53 bits per heavy atom. The number of rotatable bonds is 6. The molecule has 0 unspecified atom stereocenters. The number of nitrogens with zero attached hydrogens (tertiary/aromatic N) is 1. The van der Waals surface area contributed by atoms with Gasteiger partial charge in [0.2, 0.25) is 0 Å². The number of anilines is 1. The Balaban J connectivity index is 2.69. The van der Waals surface area contributed by atoms with Gasteiger partial charge in [-0.1, -0.05) is 6.92 Å². The third-order valence-corrected chi connectivity index (χ3v) is 4.11. The maximum atomic E-state index is 13.7. The maximum absolute atomic E-state index is 13.7. The van der Waals surface area contributed by atoms with Crippen LogP contribution in [0.25, 0.3) is 0 Å². The number of sulfone groups is 1. The summed E-state index contributed by atoms with van der Waals surface area (Å²) in [6, 6.07) is 1.18. The highest BCUT2D eigenvalue weighted by molar-refractivity contribution is 7.91. The summed E-state index contributed by atoms with van der Waals surface area (Å²) >= 11 is 0. The van der Waals surface area contributed by atoms with Crippen LogP contribution in [0.15, 0.2) is 12.3 Å². The van der Waals surface area contributed by atoms with Gasteiger partial charge in [0.25, 0.3) is 5.91 Å². The van der Waals surface area contributed by atoms with Crippen molar-refractivity contribution in [3.05, 3.63) is 23.6 Å². The zero-order chi connectivity index (χ0) is 14.5. The standard InChI is InChI=1S/C10H15FN4O3S/c1-2-19(17,18)6-5-14-10(16)7-3-4-13-9(15-12)8(7)11/h3-4H,2,5-6,12H2,1H3,(H,13,15)(H,14,16).